The number of anilines is 1. The number of nitrogens with zero attached hydrogens (tertiary/aromatic N) is 2. The molecule has 0 radical (unpaired) electrons. The Morgan fingerprint density at radius 3 is 2.42 bits per heavy atom. The summed E-state index contributed by atoms with van der Waals surface area (Å²) in [4.78, 5) is 16.6. The molecule has 0 saturated carbocycles. The molecule has 1 fully saturated rings. The van der Waals surface area contributed by atoms with Crippen LogP contribution >= 0.6 is 0 Å². The fourth-order valence-corrected chi connectivity index (χ4v) is 3.40. The molecule has 3 rings (SSSR count). The van der Waals surface area contributed by atoms with Crippen LogP contribution in [0.25, 0.3) is 0 Å². The van der Waals surface area contributed by atoms with Crippen molar-refractivity contribution in [3.63, 3.8) is 0 Å². The molecule has 0 aliphatic carbocycles. The molecule has 1 aliphatic rings. The third-order valence-corrected chi connectivity index (χ3v) is 4.76. The number of amides is 1. The molecule has 1 amide bonds. The molecule has 1 saturated heterocycles. The summed E-state index contributed by atoms with van der Waals surface area (Å²) in [6, 6.07) is 17.0. The van der Waals surface area contributed by atoms with Crippen molar-refractivity contribution in [3.8, 4) is 0 Å². The normalized spacial score (nSPS) is 15.3. The maximum Gasteiger partial charge on any atom is 0.234 e. The van der Waals surface area contributed by atoms with E-state index in [9.17, 15) is 9.18 Å². The van der Waals surface area contributed by atoms with Gasteiger partial charge in [0.05, 0.1) is 6.54 Å². The van der Waals surface area contributed by atoms with Crippen molar-refractivity contribution in [2.24, 2.45) is 0 Å². The first-order chi connectivity index (χ1) is 12.6. The third-order valence-electron chi connectivity index (χ3n) is 4.76. The van der Waals surface area contributed by atoms with Gasteiger partial charge in [-0.05, 0) is 49.7 Å². The van der Waals surface area contributed by atoms with Crippen molar-refractivity contribution in [2.45, 2.75) is 25.4 Å². The fraction of sp³-hybridized carbons (Fsp3) is 0.381. The average Bonchev–Trinajstić information content (AvgIpc) is 2.65. The third kappa shape index (κ3) is 5.30. The number of hydrogen-bond donors (Lipinski definition) is 1. The summed E-state index contributed by atoms with van der Waals surface area (Å²) >= 11 is 0. The van der Waals surface area contributed by atoms with Crippen LogP contribution in [0.5, 0.6) is 0 Å². The lowest BCUT2D eigenvalue weighted by molar-refractivity contribution is -0.122. The van der Waals surface area contributed by atoms with Crippen molar-refractivity contribution in [2.75, 3.05) is 31.6 Å². The van der Waals surface area contributed by atoms with Gasteiger partial charge in [-0.2, -0.15) is 0 Å². The first-order valence-electron chi connectivity index (χ1n) is 9.12. The summed E-state index contributed by atoms with van der Waals surface area (Å²) in [5.41, 5.74) is 2.24. The molecule has 1 heterocycles. The molecule has 2 aromatic carbocycles. The molecule has 2 aromatic rings. The smallest absolute Gasteiger partial charge is 0.234 e. The second-order valence-electron chi connectivity index (χ2n) is 6.96. The first-order valence-corrected chi connectivity index (χ1v) is 9.12. The predicted molar refractivity (Wildman–Crippen MR) is 103 cm³/mol. The minimum absolute atomic E-state index is 0.0489. The van der Waals surface area contributed by atoms with Crippen molar-refractivity contribution in [1.29, 1.82) is 0 Å². The molecule has 138 valence electrons. The molecule has 0 unspecified atom stereocenters. The number of piperidine rings is 1. The summed E-state index contributed by atoms with van der Waals surface area (Å²) in [5.74, 6) is -0.191. The number of para-hydroxylation sites is 1. The van der Waals surface area contributed by atoms with Gasteiger partial charge in [0.25, 0.3) is 0 Å². The number of likely N-dealkylation sites (N-methyl/N-ethyl adjacent to an activating group) is 1. The van der Waals surface area contributed by atoms with E-state index in [0.717, 1.165) is 31.5 Å². The first kappa shape index (κ1) is 18.4. The van der Waals surface area contributed by atoms with E-state index in [0.29, 0.717) is 13.1 Å². The molecular weight excluding hydrogens is 329 g/mol. The molecule has 26 heavy (non-hydrogen) atoms. The highest BCUT2D eigenvalue weighted by Gasteiger charge is 2.21. The van der Waals surface area contributed by atoms with Crippen LogP contribution in [-0.4, -0.2) is 43.5 Å². The Labute approximate surface area is 154 Å². The number of halogens is 1. The molecule has 0 bridgehead atoms. The summed E-state index contributed by atoms with van der Waals surface area (Å²) in [5, 5.41) is 3.15. The number of rotatable bonds is 6. The summed E-state index contributed by atoms with van der Waals surface area (Å²) in [6.45, 7) is 2.89. The van der Waals surface area contributed by atoms with Crippen LogP contribution in [0, 0.1) is 5.82 Å². The highest BCUT2D eigenvalue weighted by atomic mass is 19.1. The Kier molecular flexibility index (Phi) is 6.23. The van der Waals surface area contributed by atoms with Crippen LogP contribution in [0.15, 0.2) is 54.6 Å². The number of nitrogens with one attached hydrogen (secondary N) is 1. The Hall–Kier alpha value is -2.40. The van der Waals surface area contributed by atoms with E-state index < -0.39 is 0 Å². The number of benzene rings is 2. The van der Waals surface area contributed by atoms with E-state index in [1.165, 1.54) is 17.8 Å². The standard InChI is InChI=1S/C21H26FN3O/c1-24(15-17-7-9-18(22)10-8-17)16-21(26)23-19-11-13-25(14-12-19)20-5-3-2-4-6-20/h2-10,19H,11-16H2,1H3,(H,23,26). The van der Waals surface area contributed by atoms with Crippen LogP contribution in [-0.2, 0) is 11.3 Å². The van der Waals surface area contributed by atoms with Crippen LogP contribution in [0.4, 0.5) is 10.1 Å². The molecule has 4 nitrogen and oxygen atoms in total. The second kappa shape index (κ2) is 8.81. The lowest BCUT2D eigenvalue weighted by Crippen LogP contribution is -2.47. The van der Waals surface area contributed by atoms with E-state index in [-0.39, 0.29) is 17.8 Å². The van der Waals surface area contributed by atoms with Crippen LogP contribution < -0.4 is 10.2 Å². The van der Waals surface area contributed by atoms with Gasteiger partial charge in [0.2, 0.25) is 5.91 Å². The maximum atomic E-state index is 12.9. The fourth-order valence-electron chi connectivity index (χ4n) is 3.40. The second-order valence-corrected chi connectivity index (χ2v) is 6.96. The quantitative estimate of drug-likeness (QED) is 0.865. The van der Waals surface area contributed by atoms with Crippen LogP contribution in [0.1, 0.15) is 18.4 Å². The molecule has 0 aromatic heterocycles. The molecule has 1 N–H and O–H groups in total. The van der Waals surface area contributed by atoms with Crippen molar-refractivity contribution in [1.82, 2.24) is 10.2 Å². The zero-order valence-corrected chi connectivity index (χ0v) is 15.2. The van der Waals surface area contributed by atoms with Gasteiger partial charge in [0.15, 0.2) is 0 Å². The Balaban J connectivity index is 1.40. The van der Waals surface area contributed by atoms with Gasteiger partial charge < -0.3 is 10.2 Å². The van der Waals surface area contributed by atoms with E-state index in [2.05, 4.69) is 34.5 Å². The Morgan fingerprint density at radius 2 is 1.77 bits per heavy atom. The average molecular weight is 355 g/mol. The highest BCUT2D eigenvalue weighted by Crippen LogP contribution is 2.19. The molecule has 0 atom stereocenters. The van der Waals surface area contributed by atoms with Crippen LogP contribution in [0.3, 0.4) is 0 Å². The van der Waals surface area contributed by atoms with Crippen LogP contribution in [0.2, 0.25) is 0 Å². The SMILES string of the molecule is CN(CC(=O)NC1CCN(c2ccccc2)CC1)Cc1ccc(F)cc1. The lowest BCUT2D eigenvalue weighted by atomic mass is 10.0. The minimum Gasteiger partial charge on any atom is -0.371 e. The largest absolute Gasteiger partial charge is 0.371 e. The topological polar surface area (TPSA) is 35.6 Å². The number of carbonyl (C=O) groups is 1. The van der Waals surface area contributed by atoms with Crippen molar-refractivity contribution < 1.29 is 9.18 Å². The molecule has 1 aliphatic heterocycles. The van der Waals surface area contributed by atoms with Gasteiger partial charge >= 0.3 is 0 Å². The van der Waals surface area contributed by atoms with Gasteiger partial charge in [-0.3, -0.25) is 9.69 Å². The van der Waals surface area contributed by atoms with Gasteiger partial charge in [0.1, 0.15) is 5.82 Å². The van der Waals surface area contributed by atoms with Crippen molar-refractivity contribution in [3.05, 3.63) is 66.0 Å². The molecular formula is C21H26FN3O. The predicted octanol–water partition coefficient (Wildman–Crippen LogP) is 3.04. The summed E-state index contributed by atoms with van der Waals surface area (Å²) in [6.07, 6.45) is 1.92. The minimum atomic E-state index is -0.240. The Bertz CT molecular complexity index is 697. The van der Waals surface area contributed by atoms with Gasteiger partial charge in [-0.15, -0.1) is 0 Å². The highest BCUT2D eigenvalue weighted by molar-refractivity contribution is 5.78. The monoisotopic (exact) mass is 355 g/mol. The summed E-state index contributed by atoms with van der Waals surface area (Å²) < 4.78 is 12.9. The van der Waals surface area contributed by atoms with E-state index in [1.54, 1.807) is 12.1 Å². The maximum absolute atomic E-state index is 12.9. The van der Waals surface area contributed by atoms with Gasteiger partial charge in [-0.25, -0.2) is 4.39 Å². The van der Waals surface area contributed by atoms with Gasteiger partial charge in [-0.1, -0.05) is 30.3 Å². The van der Waals surface area contributed by atoms with E-state index in [1.807, 2.05) is 18.0 Å². The Morgan fingerprint density at radius 1 is 1.12 bits per heavy atom. The molecule has 0 spiro atoms. The number of hydrogen-bond acceptors (Lipinski definition) is 3. The van der Waals surface area contributed by atoms with Crippen molar-refractivity contribution >= 4 is 11.6 Å². The zero-order valence-electron chi connectivity index (χ0n) is 15.2. The van der Waals surface area contributed by atoms with E-state index in [4.69, 9.17) is 0 Å². The lowest BCUT2D eigenvalue weighted by Gasteiger charge is -2.34. The summed E-state index contributed by atoms with van der Waals surface area (Å²) in [7, 11) is 1.90. The van der Waals surface area contributed by atoms with E-state index >= 15 is 0 Å². The zero-order chi connectivity index (χ0) is 18.4. The molecule has 5 heteroatoms. The van der Waals surface area contributed by atoms with Gasteiger partial charge in [0, 0.05) is 31.4 Å². The number of carbonyl (C=O) groups excluding carboxylic acids is 1.